The van der Waals surface area contributed by atoms with E-state index in [0.29, 0.717) is 19.1 Å². The number of fused-ring (bicyclic) bond motifs is 1. The second kappa shape index (κ2) is 6.56. The van der Waals surface area contributed by atoms with E-state index in [2.05, 4.69) is 42.6 Å². The van der Waals surface area contributed by atoms with Crippen molar-refractivity contribution in [3.8, 4) is 11.1 Å². The minimum atomic E-state index is -0.378. The van der Waals surface area contributed by atoms with Gasteiger partial charge in [-0.1, -0.05) is 44.5 Å². The number of anilines is 1. The Morgan fingerprint density at radius 3 is 2.59 bits per heavy atom. The fraction of sp³-hybridized carbons (Fsp3) is 0.435. The highest BCUT2D eigenvalue weighted by Gasteiger charge is 2.32. The molecular weight excluding hydrogens is 356 g/mol. The Bertz CT molecular complexity index is 909. The summed E-state index contributed by atoms with van der Waals surface area (Å²) in [6.07, 6.45) is 2.51. The number of amides is 1. The van der Waals surface area contributed by atoms with Crippen LogP contribution in [0, 0.1) is 12.3 Å². The van der Waals surface area contributed by atoms with Gasteiger partial charge < -0.3 is 10.2 Å². The van der Waals surface area contributed by atoms with E-state index >= 15 is 0 Å². The van der Waals surface area contributed by atoms with Crippen molar-refractivity contribution in [1.82, 2.24) is 4.90 Å². The van der Waals surface area contributed by atoms with Crippen molar-refractivity contribution in [2.24, 2.45) is 5.41 Å². The zero-order valence-corrected chi connectivity index (χ0v) is 17.3. The number of hydrogen-bond acceptors (Lipinski definition) is 2. The van der Waals surface area contributed by atoms with Crippen LogP contribution in [-0.2, 0) is 17.9 Å². The maximum Gasteiger partial charge on any atom is 0.228 e. The lowest BCUT2D eigenvalue weighted by Gasteiger charge is -2.25. The number of nitrogens with one attached hydrogen (secondary N) is 1. The average molecular weight is 383 g/mol. The molecule has 0 spiro atoms. The van der Waals surface area contributed by atoms with Gasteiger partial charge in [-0.2, -0.15) is 0 Å². The molecule has 1 heterocycles. The lowest BCUT2D eigenvalue weighted by molar-refractivity contribution is -0.140. The predicted octanol–water partition coefficient (Wildman–Crippen LogP) is 5.78. The molecular formula is C23H27ClN2O. The van der Waals surface area contributed by atoms with Crippen molar-refractivity contribution in [2.75, 3.05) is 5.32 Å². The van der Waals surface area contributed by atoms with Gasteiger partial charge in [0.1, 0.15) is 0 Å². The SMILES string of the molecule is Cc1c(NC2CC2)cccc1-c1cc(Cl)c2c(c1)CN(C(=O)C(C)(C)C)C2. The van der Waals surface area contributed by atoms with Gasteiger partial charge in [-0.25, -0.2) is 0 Å². The van der Waals surface area contributed by atoms with Gasteiger partial charge >= 0.3 is 0 Å². The Labute approximate surface area is 166 Å². The molecule has 1 aliphatic carbocycles. The van der Waals surface area contributed by atoms with Crippen LogP contribution in [0.2, 0.25) is 5.02 Å². The molecule has 4 heteroatoms. The topological polar surface area (TPSA) is 32.3 Å². The van der Waals surface area contributed by atoms with Crippen LogP contribution in [-0.4, -0.2) is 16.8 Å². The first kappa shape index (κ1) is 18.4. The highest BCUT2D eigenvalue weighted by molar-refractivity contribution is 6.31. The molecule has 1 fully saturated rings. The van der Waals surface area contributed by atoms with Crippen molar-refractivity contribution >= 4 is 23.2 Å². The Kier molecular flexibility index (Phi) is 4.46. The number of carbonyl (C=O) groups excluding carboxylic acids is 1. The fourth-order valence-electron chi connectivity index (χ4n) is 3.79. The third-order valence-electron chi connectivity index (χ3n) is 5.51. The first-order valence-corrected chi connectivity index (χ1v) is 10.1. The van der Waals surface area contributed by atoms with Crippen LogP contribution in [0.15, 0.2) is 30.3 Å². The molecule has 0 atom stereocenters. The minimum absolute atomic E-state index is 0.170. The summed E-state index contributed by atoms with van der Waals surface area (Å²) in [6.45, 7) is 9.30. The molecule has 3 nitrogen and oxygen atoms in total. The number of halogens is 1. The molecule has 2 aromatic carbocycles. The molecule has 2 aromatic rings. The van der Waals surface area contributed by atoms with E-state index in [1.54, 1.807) is 0 Å². The van der Waals surface area contributed by atoms with E-state index in [-0.39, 0.29) is 11.3 Å². The lowest BCUT2D eigenvalue weighted by Crippen LogP contribution is -2.35. The number of rotatable bonds is 3. The fourth-order valence-corrected chi connectivity index (χ4v) is 4.09. The lowest BCUT2D eigenvalue weighted by atomic mass is 9.95. The summed E-state index contributed by atoms with van der Waals surface area (Å²) in [5.74, 6) is 0.170. The maximum absolute atomic E-state index is 12.7. The van der Waals surface area contributed by atoms with Crippen LogP contribution in [0.3, 0.4) is 0 Å². The van der Waals surface area contributed by atoms with Gasteiger partial charge in [0, 0.05) is 35.3 Å². The summed E-state index contributed by atoms with van der Waals surface area (Å²) in [5.41, 5.74) is 6.65. The summed E-state index contributed by atoms with van der Waals surface area (Å²) < 4.78 is 0. The van der Waals surface area contributed by atoms with E-state index in [9.17, 15) is 4.79 Å². The molecule has 0 saturated heterocycles. The second-order valence-corrected chi connectivity index (χ2v) is 9.31. The Balaban J connectivity index is 1.67. The van der Waals surface area contributed by atoms with Crippen molar-refractivity contribution in [1.29, 1.82) is 0 Å². The van der Waals surface area contributed by atoms with Crippen LogP contribution in [0.5, 0.6) is 0 Å². The van der Waals surface area contributed by atoms with E-state index in [4.69, 9.17) is 11.6 Å². The molecule has 1 amide bonds. The zero-order valence-electron chi connectivity index (χ0n) is 16.5. The van der Waals surface area contributed by atoms with Gasteiger partial charge in [-0.15, -0.1) is 0 Å². The molecule has 0 radical (unpaired) electrons. The summed E-state index contributed by atoms with van der Waals surface area (Å²) in [7, 11) is 0. The van der Waals surface area contributed by atoms with Gasteiger partial charge in [0.25, 0.3) is 0 Å². The number of hydrogen-bond donors (Lipinski definition) is 1. The third kappa shape index (κ3) is 3.58. The van der Waals surface area contributed by atoms with Gasteiger partial charge in [-0.05, 0) is 65.8 Å². The normalized spacial score (nSPS) is 16.4. The molecule has 4 rings (SSSR count). The highest BCUT2D eigenvalue weighted by Crippen LogP contribution is 2.38. The highest BCUT2D eigenvalue weighted by atomic mass is 35.5. The van der Waals surface area contributed by atoms with Crippen molar-refractivity contribution in [3.05, 3.63) is 52.0 Å². The summed E-state index contributed by atoms with van der Waals surface area (Å²) in [5, 5.41) is 4.37. The van der Waals surface area contributed by atoms with Gasteiger partial charge in [-0.3, -0.25) is 4.79 Å². The predicted molar refractivity (Wildman–Crippen MR) is 112 cm³/mol. The maximum atomic E-state index is 12.7. The summed E-state index contributed by atoms with van der Waals surface area (Å²) in [6, 6.07) is 11.3. The Morgan fingerprint density at radius 1 is 1.19 bits per heavy atom. The molecule has 27 heavy (non-hydrogen) atoms. The molecule has 1 saturated carbocycles. The first-order valence-electron chi connectivity index (χ1n) is 9.71. The molecule has 1 N–H and O–H groups in total. The molecule has 1 aliphatic heterocycles. The number of carbonyl (C=O) groups is 1. The van der Waals surface area contributed by atoms with Crippen molar-refractivity contribution in [2.45, 2.75) is 59.7 Å². The Morgan fingerprint density at radius 2 is 1.93 bits per heavy atom. The van der Waals surface area contributed by atoms with E-state index < -0.39 is 0 Å². The van der Waals surface area contributed by atoms with Crippen LogP contribution >= 0.6 is 11.6 Å². The van der Waals surface area contributed by atoms with Gasteiger partial charge in [0.15, 0.2) is 0 Å². The van der Waals surface area contributed by atoms with Crippen LogP contribution < -0.4 is 5.32 Å². The zero-order chi connectivity index (χ0) is 19.3. The molecule has 0 unspecified atom stereocenters. The van der Waals surface area contributed by atoms with Gasteiger partial charge in [0.2, 0.25) is 5.91 Å². The van der Waals surface area contributed by atoms with E-state index in [1.165, 1.54) is 29.7 Å². The molecule has 2 aliphatic rings. The van der Waals surface area contributed by atoms with Crippen LogP contribution in [0.1, 0.15) is 50.3 Å². The third-order valence-corrected chi connectivity index (χ3v) is 5.85. The molecule has 142 valence electrons. The van der Waals surface area contributed by atoms with Crippen LogP contribution in [0.4, 0.5) is 5.69 Å². The quantitative estimate of drug-likeness (QED) is 0.729. The standard InChI is InChI=1S/C23H27ClN2O/c1-14-18(6-5-7-21(14)25-17-8-9-17)15-10-16-12-26(22(27)23(2,3)4)13-19(16)20(24)11-15/h5-7,10-11,17,25H,8-9,12-13H2,1-4H3. The second-order valence-electron chi connectivity index (χ2n) is 8.90. The summed E-state index contributed by atoms with van der Waals surface area (Å²) >= 11 is 6.64. The van der Waals surface area contributed by atoms with Crippen molar-refractivity contribution in [3.63, 3.8) is 0 Å². The van der Waals surface area contributed by atoms with Crippen molar-refractivity contribution < 1.29 is 4.79 Å². The minimum Gasteiger partial charge on any atom is -0.382 e. The number of nitrogens with zero attached hydrogens (tertiary/aromatic N) is 1. The number of benzene rings is 2. The summed E-state index contributed by atoms with van der Waals surface area (Å²) in [4.78, 5) is 14.6. The van der Waals surface area contributed by atoms with Gasteiger partial charge in [0.05, 0.1) is 0 Å². The molecule has 0 aromatic heterocycles. The van der Waals surface area contributed by atoms with E-state index in [1.807, 2.05) is 25.7 Å². The average Bonchev–Trinajstić information content (AvgIpc) is 3.31. The van der Waals surface area contributed by atoms with Crippen LogP contribution in [0.25, 0.3) is 11.1 Å². The van der Waals surface area contributed by atoms with E-state index in [0.717, 1.165) is 21.7 Å². The Hall–Kier alpha value is -2.00. The first-order chi connectivity index (χ1) is 12.7. The largest absolute Gasteiger partial charge is 0.382 e. The molecule has 0 bridgehead atoms. The monoisotopic (exact) mass is 382 g/mol. The smallest absolute Gasteiger partial charge is 0.228 e.